The van der Waals surface area contributed by atoms with Crippen LogP contribution in [-0.4, -0.2) is 50.0 Å². The molecule has 1 fully saturated rings. The fourth-order valence-corrected chi connectivity index (χ4v) is 6.67. The molecule has 1 unspecified atom stereocenters. The van der Waals surface area contributed by atoms with Crippen molar-refractivity contribution < 1.29 is 22.4 Å². The molecule has 0 heterocycles. The summed E-state index contributed by atoms with van der Waals surface area (Å²) in [5, 5.41) is 3.23. The fourth-order valence-electron chi connectivity index (χ4n) is 5.71. The summed E-state index contributed by atoms with van der Waals surface area (Å²) in [6.07, 6.45) is 6.67. The zero-order valence-corrected chi connectivity index (χ0v) is 25.9. The van der Waals surface area contributed by atoms with Gasteiger partial charge < -0.3 is 10.2 Å². The van der Waals surface area contributed by atoms with Crippen molar-refractivity contribution in [2.24, 2.45) is 0 Å². The van der Waals surface area contributed by atoms with Gasteiger partial charge in [-0.3, -0.25) is 13.9 Å². The van der Waals surface area contributed by atoms with Gasteiger partial charge in [-0.15, -0.1) is 0 Å². The first-order chi connectivity index (χ1) is 20.6. The highest BCUT2D eigenvalue weighted by Gasteiger charge is 2.32. The Hall–Kier alpha value is -3.72. The van der Waals surface area contributed by atoms with Crippen LogP contribution in [-0.2, 0) is 32.6 Å². The number of amides is 2. The first-order valence-electron chi connectivity index (χ1n) is 15.0. The highest BCUT2D eigenvalue weighted by atomic mass is 32.2. The van der Waals surface area contributed by atoms with E-state index in [4.69, 9.17) is 0 Å². The van der Waals surface area contributed by atoms with Crippen LogP contribution in [0.15, 0.2) is 78.9 Å². The van der Waals surface area contributed by atoms with Gasteiger partial charge in [0.05, 0.1) is 11.9 Å². The van der Waals surface area contributed by atoms with E-state index >= 15 is 0 Å². The first-order valence-corrected chi connectivity index (χ1v) is 16.9. The standard InChI is InChI=1S/C34H42FN3O4S/c1-26-14-9-10-17-28(26)25-37(33(39)22-13-23-38(43(2,41)42)31-21-12-11-20-30(31)35)32(24-27-15-5-3-6-16-27)34(40)36-29-18-7-4-8-19-29/h3,5-6,9-12,14-17,20-21,29,32H,4,7-8,13,18-19,22-25H2,1-2H3,(H,36,40). The smallest absolute Gasteiger partial charge is 0.243 e. The summed E-state index contributed by atoms with van der Waals surface area (Å²) in [6.45, 7) is 2.15. The van der Waals surface area contributed by atoms with Crippen molar-refractivity contribution in [3.63, 3.8) is 0 Å². The van der Waals surface area contributed by atoms with Gasteiger partial charge in [-0.05, 0) is 55.0 Å². The highest BCUT2D eigenvalue weighted by Crippen LogP contribution is 2.24. The van der Waals surface area contributed by atoms with Crippen molar-refractivity contribution >= 4 is 27.5 Å². The molecule has 1 atom stereocenters. The number of sulfonamides is 1. The molecule has 1 N–H and O–H groups in total. The molecule has 1 aliphatic rings. The number of benzene rings is 3. The molecule has 7 nitrogen and oxygen atoms in total. The fraction of sp³-hybridized carbons (Fsp3) is 0.412. The van der Waals surface area contributed by atoms with Crippen LogP contribution in [0.3, 0.4) is 0 Å². The lowest BCUT2D eigenvalue weighted by Gasteiger charge is -2.34. The maximum atomic E-state index is 14.5. The lowest BCUT2D eigenvalue weighted by atomic mass is 9.94. The minimum atomic E-state index is -3.80. The molecular weight excluding hydrogens is 565 g/mol. The van der Waals surface area contributed by atoms with Gasteiger partial charge in [0.15, 0.2) is 0 Å². The molecule has 0 aliphatic heterocycles. The van der Waals surface area contributed by atoms with E-state index in [0.717, 1.165) is 59.4 Å². The summed E-state index contributed by atoms with van der Waals surface area (Å²) in [5.74, 6) is -1.09. The minimum absolute atomic E-state index is 0.00560. The molecule has 2 amide bonds. The molecular formula is C34H42FN3O4S. The predicted molar refractivity (Wildman–Crippen MR) is 169 cm³/mol. The molecule has 0 radical (unpaired) electrons. The Morgan fingerprint density at radius 1 is 0.930 bits per heavy atom. The molecule has 1 saturated carbocycles. The maximum Gasteiger partial charge on any atom is 0.243 e. The number of hydrogen-bond donors (Lipinski definition) is 1. The Balaban J connectivity index is 1.60. The lowest BCUT2D eigenvalue weighted by Crippen LogP contribution is -2.53. The summed E-state index contributed by atoms with van der Waals surface area (Å²) < 4.78 is 40.7. The number of halogens is 1. The monoisotopic (exact) mass is 607 g/mol. The van der Waals surface area contributed by atoms with Gasteiger partial charge in [0, 0.05) is 32.0 Å². The van der Waals surface area contributed by atoms with Crippen LogP contribution in [0.2, 0.25) is 0 Å². The minimum Gasteiger partial charge on any atom is -0.352 e. The molecule has 0 spiro atoms. The summed E-state index contributed by atoms with van der Waals surface area (Å²) in [5.41, 5.74) is 2.83. The Kier molecular flexibility index (Phi) is 11.3. The first kappa shape index (κ1) is 32.2. The van der Waals surface area contributed by atoms with E-state index in [2.05, 4.69) is 5.32 Å². The zero-order valence-electron chi connectivity index (χ0n) is 25.0. The van der Waals surface area contributed by atoms with Crippen molar-refractivity contribution in [2.45, 2.75) is 76.9 Å². The Morgan fingerprint density at radius 2 is 1.58 bits per heavy atom. The molecule has 0 saturated heterocycles. The Bertz CT molecular complexity index is 1480. The third kappa shape index (κ3) is 9.13. The van der Waals surface area contributed by atoms with Crippen molar-refractivity contribution in [1.82, 2.24) is 10.2 Å². The second-order valence-corrected chi connectivity index (χ2v) is 13.3. The van der Waals surface area contributed by atoms with E-state index in [1.54, 1.807) is 11.0 Å². The maximum absolute atomic E-state index is 14.5. The Morgan fingerprint density at radius 3 is 2.26 bits per heavy atom. The second-order valence-electron chi connectivity index (χ2n) is 11.4. The molecule has 3 aromatic carbocycles. The summed E-state index contributed by atoms with van der Waals surface area (Å²) in [6, 6.07) is 22.5. The third-order valence-electron chi connectivity index (χ3n) is 8.10. The summed E-state index contributed by atoms with van der Waals surface area (Å²) in [7, 11) is -3.80. The average molecular weight is 608 g/mol. The molecule has 230 valence electrons. The van der Waals surface area contributed by atoms with Crippen LogP contribution in [0.1, 0.15) is 61.6 Å². The molecule has 0 aromatic heterocycles. The van der Waals surface area contributed by atoms with Crippen molar-refractivity contribution in [1.29, 1.82) is 0 Å². The molecule has 0 bridgehead atoms. The van der Waals surface area contributed by atoms with Gasteiger partial charge >= 0.3 is 0 Å². The van der Waals surface area contributed by atoms with Gasteiger partial charge in [0.2, 0.25) is 21.8 Å². The normalized spacial score (nSPS) is 14.6. The molecule has 1 aliphatic carbocycles. The van der Waals surface area contributed by atoms with E-state index in [9.17, 15) is 22.4 Å². The van der Waals surface area contributed by atoms with Crippen LogP contribution in [0.25, 0.3) is 0 Å². The quantitative estimate of drug-likeness (QED) is 0.267. The number of para-hydroxylation sites is 1. The highest BCUT2D eigenvalue weighted by molar-refractivity contribution is 7.92. The number of rotatable bonds is 13. The van der Waals surface area contributed by atoms with Gasteiger partial charge in [-0.1, -0.05) is 86.0 Å². The number of nitrogens with one attached hydrogen (secondary N) is 1. The number of anilines is 1. The topological polar surface area (TPSA) is 86.8 Å². The molecule has 4 rings (SSSR count). The number of carbonyl (C=O) groups excluding carboxylic acids is 2. The van der Waals surface area contributed by atoms with E-state index < -0.39 is 21.9 Å². The predicted octanol–water partition coefficient (Wildman–Crippen LogP) is 5.77. The molecule has 9 heteroatoms. The van der Waals surface area contributed by atoms with Crippen LogP contribution >= 0.6 is 0 Å². The number of aryl methyl sites for hydroxylation is 1. The van der Waals surface area contributed by atoms with Gasteiger partial charge in [-0.25, -0.2) is 12.8 Å². The average Bonchev–Trinajstić information content (AvgIpc) is 2.99. The van der Waals surface area contributed by atoms with E-state index in [0.29, 0.717) is 6.42 Å². The van der Waals surface area contributed by atoms with Crippen molar-refractivity contribution in [2.75, 3.05) is 17.1 Å². The van der Waals surface area contributed by atoms with Crippen molar-refractivity contribution in [3.05, 3.63) is 101 Å². The van der Waals surface area contributed by atoms with Crippen LogP contribution in [0.5, 0.6) is 0 Å². The molecule has 3 aromatic rings. The van der Waals surface area contributed by atoms with E-state index in [1.807, 2.05) is 61.5 Å². The summed E-state index contributed by atoms with van der Waals surface area (Å²) >= 11 is 0. The number of carbonyl (C=O) groups is 2. The second kappa shape index (κ2) is 15.1. The largest absolute Gasteiger partial charge is 0.352 e. The SMILES string of the molecule is Cc1ccccc1CN(C(=O)CCCN(c1ccccc1F)S(C)(=O)=O)C(Cc1ccccc1)C(=O)NC1CCCCC1. The van der Waals surface area contributed by atoms with E-state index in [1.165, 1.54) is 18.2 Å². The van der Waals surface area contributed by atoms with Gasteiger partial charge in [0.1, 0.15) is 11.9 Å². The molecule has 43 heavy (non-hydrogen) atoms. The van der Waals surface area contributed by atoms with Crippen LogP contribution in [0, 0.1) is 12.7 Å². The third-order valence-corrected chi connectivity index (χ3v) is 9.28. The number of nitrogens with zero attached hydrogens (tertiary/aromatic N) is 2. The number of hydrogen-bond acceptors (Lipinski definition) is 4. The van der Waals surface area contributed by atoms with E-state index in [-0.39, 0.29) is 49.5 Å². The Labute approximate surface area is 255 Å². The van der Waals surface area contributed by atoms with Crippen LogP contribution in [0.4, 0.5) is 10.1 Å². The van der Waals surface area contributed by atoms with Gasteiger partial charge in [0.25, 0.3) is 0 Å². The summed E-state index contributed by atoms with van der Waals surface area (Å²) in [4.78, 5) is 29.6. The van der Waals surface area contributed by atoms with Crippen LogP contribution < -0.4 is 9.62 Å². The lowest BCUT2D eigenvalue weighted by molar-refractivity contribution is -0.141. The van der Waals surface area contributed by atoms with Gasteiger partial charge in [-0.2, -0.15) is 0 Å². The zero-order chi connectivity index (χ0) is 30.8. The van der Waals surface area contributed by atoms with Crippen molar-refractivity contribution in [3.8, 4) is 0 Å².